The van der Waals surface area contributed by atoms with Gasteiger partial charge in [-0.3, -0.25) is 4.79 Å². The Labute approximate surface area is 144 Å². The molecule has 0 radical (unpaired) electrons. The van der Waals surface area contributed by atoms with Crippen LogP contribution in [0.25, 0.3) is 0 Å². The number of carbonyl (C=O) groups is 1. The molecule has 0 aromatic heterocycles. The minimum absolute atomic E-state index is 0.121. The van der Waals surface area contributed by atoms with Crippen LogP contribution in [0.2, 0.25) is 0 Å². The fourth-order valence-electron chi connectivity index (χ4n) is 3.30. The number of nitriles is 1. The van der Waals surface area contributed by atoms with Crippen molar-refractivity contribution >= 4 is 15.9 Å². The number of hydrogen-bond acceptors (Lipinski definition) is 5. The fourth-order valence-corrected chi connectivity index (χ4v) is 4.13. The van der Waals surface area contributed by atoms with E-state index in [0.29, 0.717) is 26.2 Å². The molecule has 1 aliphatic heterocycles. The lowest BCUT2D eigenvalue weighted by molar-refractivity contribution is -0.128. The van der Waals surface area contributed by atoms with E-state index in [0.717, 1.165) is 25.7 Å². The highest BCUT2D eigenvalue weighted by atomic mass is 32.2. The molecular formula is C16H26N4O3S. The van der Waals surface area contributed by atoms with Gasteiger partial charge in [-0.2, -0.15) is 9.57 Å². The van der Waals surface area contributed by atoms with Crippen LogP contribution in [-0.2, 0) is 14.8 Å². The molecule has 1 heterocycles. The second kappa shape index (κ2) is 7.99. The molecule has 1 amide bonds. The van der Waals surface area contributed by atoms with Gasteiger partial charge in [0, 0.05) is 45.5 Å². The van der Waals surface area contributed by atoms with Crippen LogP contribution in [0.5, 0.6) is 0 Å². The summed E-state index contributed by atoms with van der Waals surface area (Å²) in [4.78, 5) is 16.1. The molecule has 0 spiro atoms. The Kier molecular flexibility index (Phi) is 6.24. The third-order valence-corrected chi connectivity index (χ3v) is 6.15. The van der Waals surface area contributed by atoms with Gasteiger partial charge >= 0.3 is 0 Å². The van der Waals surface area contributed by atoms with Gasteiger partial charge in [-0.15, -0.1) is 0 Å². The second-order valence-electron chi connectivity index (χ2n) is 6.56. The van der Waals surface area contributed by atoms with Gasteiger partial charge in [0.2, 0.25) is 10.0 Å². The predicted molar refractivity (Wildman–Crippen MR) is 91.3 cm³/mol. The van der Waals surface area contributed by atoms with Crippen molar-refractivity contribution in [2.45, 2.75) is 38.1 Å². The van der Waals surface area contributed by atoms with Gasteiger partial charge in [0.15, 0.2) is 0 Å². The molecule has 1 saturated carbocycles. The van der Waals surface area contributed by atoms with Crippen molar-refractivity contribution in [1.82, 2.24) is 14.1 Å². The SMILES string of the molecule is CN(C(=O)/C(C#N)=C\N1CCN(S(C)(=O)=O)CC1)C1CCCCC1. The van der Waals surface area contributed by atoms with Crippen molar-refractivity contribution in [3.63, 3.8) is 0 Å². The molecule has 24 heavy (non-hydrogen) atoms. The Morgan fingerprint density at radius 3 is 2.25 bits per heavy atom. The maximum atomic E-state index is 12.6. The van der Waals surface area contributed by atoms with Crippen LogP contribution in [0.3, 0.4) is 0 Å². The Balaban J connectivity index is 1.99. The third kappa shape index (κ3) is 4.71. The first kappa shape index (κ1) is 18.7. The molecular weight excluding hydrogens is 328 g/mol. The van der Waals surface area contributed by atoms with Crippen molar-refractivity contribution in [1.29, 1.82) is 5.26 Å². The van der Waals surface area contributed by atoms with Crippen LogP contribution in [0.4, 0.5) is 0 Å². The first-order valence-electron chi connectivity index (χ1n) is 8.41. The number of rotatable bonds is 4. The van der Waals surface area contributed by atoms with E-state index in [1.54, 1.807) is 18.1 Å². The molecule has 7 nitrogen and oxygen atoms in total. The minimum Gasteiger partial charge on any atom is -0.373 e. The summed E-state index contributed by atoms with van der Waals surface area (Å²) in [7, 11) is -1.41. The molecule has 2 rings (SSSR count). The summed E-state index contributed by atoms with van der Waals surface area (Å²) >= 11 is 0. The lowest BCUT2D eigenvalue weighted by atomic mass is 9.94. The smallest absolute Gasteiger partial charge is 0.265 e. The minimum atomic E-state index is -3.18. The first-order valence-corrected chi connectivity index (χ1v) is 10.3. The van der Waals surface area contributed by atoms with Crippen LogP contribution in [-0.4, -0.2) is 74.0 Å². The van der Waals surface area contributed by atoms with E-state index in [-0.39, 0.29) is 17.5 Å². The number of piperazine rings is 1. The largest absolute Gasteiger partial charge is 0.373 e. The number of amides is 1. The molecule has 0 atom stereocenters. The Bertz CT molecular complexity index is 624. The summed E-state index contributed by atoms with van der Waals surface area (Å²) in [6.07, 6.45) is 8.23. The summed E-state index contributed by atoms with van der Waals surface area (Å²) in [5.74, 6) is -0.241. The molecule has 134 valence electrons. The lowest BCUT2D eigenvalue weighted by Gasteiger charge is -2.33. The van der Waals surface area contributed by atoms with E-state index in [1.165, 1.54) is 17.0 Å². The first-order chi connectivity index (χ1) is 11.3. The maximum absolute atomic E-state index is 12.6. The molecule has 1 aliphatic carbocycles. The zero-order chi connectivity index (χ0) is 17.7. The summed E-state index contributed by atoms with van der Waals surface area (Å²) < 4.78 is 24.5. The molecule has 2 fully saturated rings. The van der Waals surface area contributed by atoms with E-state index in [4.69, 9.17) is 0 Å². The van der Waals surface area contributed by atoms with Crippen molar-refractivity contribution in [2.75, 3.05) is 39.5 Å². The highest BCUT2D eigenvalue weighted by molar-refractivity contribution is 7.88. The van der Waals surface area contributed by atoms with Crippen LogP contribution >= 0.6 is 0 Å². The molecule has 0 aromatic rings. The number of nitrogens with zero attached hydrogens (tertiary/aromatic N) is 4. The highest BCUT2D eigenvalue weighted by Gasteiger charge is 2.26. The number of carbonyl (C=O) groups excluding carboxylic acids is 1. The van der Waals surface area contributed by atoms with E-state index >= 15 is 0 Å². The predicted octanol–water partition coefficient (Wildman–Crippen LogP) is 0.762. The molecule has 1 saturated heterocycles. The Morgan fingerprint density at radius 1 is 1.17 bits per heavy atom. The van der Waals surface area contributed by atoms with Crippen LogP contribution < -0.4 is 0 Å². The zero-order valence-corrected chi connectivity index (χ0v) is 15.3. The van der Waals surface area contributed by atoms with Gasteiger partial charge in [-0.1, -0.05) is 19.3 Å². The van der Waals surface area contributed by atoms with Crippen molar-refractivity contribution in [3.05, 3.63) is 11.8 Å². The van der Waals surface area contributed by atoms with Crippen molar-refractivity contribution in [2.24, 2.45) is 0 Å². The summed E-state index contributed by atoms with van der Waals surface area (Å²) in [5.41, 5.74) is 0.121. The quantitative estimate of drug-likeness (QED) is 0.550. The van der Waals surface area contributed by atoms with E-state index in [1.807, 2.05) is 11.0 Å². The van der Waals surface area contributed by atoms with E-state index < -0.39 is 10.0 Å². The number of hydrogen-bond donors (Lipinski definition) is 0. The maximum Gasteiger partial charge on any atom is 0.265 e. The molecule has 0 N–H and O–H groups in total. The van der Waals surface area contributed by atoms with Crippen LogP contribution in [0.1, 0.15) is 32.1 Å². The van der Waals surface area contributed by atoms with Gasteiger partial charge in [-0.25, -0.2) is 8.42 Å². The molecule has 0 unspecified atom stereocenters. The molecule has 0 aromatic carbocycles. The number of likely N-dealkylation sites (N-methyl/N-ethyl adjacent to an activating group) is 1. The van der Waals surface area contributed by atoms with Gasteiger partial charge in [-0.05, 0) is 12.8 Å². The van der Waals surface area contributed by atoms with Crippen molar-refractivity contribution in [3.8, 4) is 6.07 Å². The summed E-state index contributed by atoms with van der Waals surface area (Å²) in [5, 5.41) is 9.36. The van der Waals surface area contributed by atoms with E-state index in [9.17, 15) is 18.5 Å². The van der Waals surface area contributed by atoms with Crippen molar-refractivity contribution < 1.29 is 13.2 Å². The third-order valence-electron chi connectivity index (χ3n) is 4.85. The second-order valence-corrected chi connectivity index (χ2v) is 8.54. The zero-order valence-electron chi connectivity index (χ0n) is 14.4. The van der Waals surface area contributed by atoms with Gasteiger partial charge < -0.3 is 9.80 Å². The van der Waals surface area contributed by atoms with Gasteiger partial charge in [0.05, 0.1) is 6.26 Å². The number of sulfonamides is 1. The summed E-state index contributed by atoms with van der Waals surface area (Å²) in [6.45, 7) is 1.72. The van der Waals surface area contributed by atoms with Gasteiger partial charge in [0.25, 0.3) is 5.91 Å². The topological polar surface area (TPSA) is 84.7 Å². The molecule has 0 bridgehead atoms. The average Bonchev–Trinajstić information content (AvgIpc) is 2.59. The molecule has 2 aliphatic rings. The van der Waals surface area contributed by atoms with Gasteiger partial charge in [0.1, 0.15) is 11.6 Å². The fraction of sp³-hybridized carbons (Fsp3) is 0.750. The van der Waals surface area contributed by atoms with E-state index in [2.05, 4.69) is 0 Å². The Hall–Kier alpha value is -1.59. The normalized spacial score (nSPS) is 21.4. The standard InChI is InChI=1S/C16H26N4O3S/c1-18(15-6-4-3-5-7-15)16(21)14(12-17)13-19-8-10-20(11-9-19)24(2,22)23/h13,15H,3-11H2,1-2H3/b14-13-. The van der Waals surface area contributed by atoms with Crippen LogP contribution in [0.15, 0.2) is 11.8 Å². The molecule has 8 heteroatoms. The lowest BCUT2D eigenvalue weighted by Crippen LogP contribution is -2.46. The summed E-state index contributed by atoms with van der Waals surface area (Å²) in [6, 6.07) is 2.22. The van der Waals surface area contributed by atoms with Crippen LogP contribution in [0, 0.1) is 11.3 Å². The average molecular weight is 354 g/mol. The highest BCUT2D eigenvalue weighted by Crippen LogP contribution is 2.22. The Morgan fingerprint density at radius 2 is 1.75 bits per heavy atom. The monoisotopic (exact) mass is 354 g/mol.